The molecule has 0 spiro atoms. The van der Waals surface area contributed by atoms with Crippen molar-refractivity contribution in [3.8, 4) is 0 Å². The zero-order valence-corrected chi connectivity index (χ0v) is 34.1. The molecule has 0 aliphatic heterocycles. The van der Waals surface area contributed by atoms with Crippen LogP contribution in [-0.4, -0.2) is 0 Å². The van der Waals surface area contributed by atoms with Crippen LogP contribution in [0.15, 0.2) is 191 Å². The highest BCUT2D eigenvalue weighted by Gasteiger charge is 2.22. The molecule has 0 aromatic heterocycles. The Morgan fingerprint density at radius 2 is 0.643 bits per heavy atom. The molecule has 4 heteroatoms. The largest absolute Gasteiger partial charge is 0.310 e. The summed E-state index contributed by atoms with van der Waals surface area (Å²) in [6.45, 7) is 4.29. The van der Waals surface area contributed by atoms with Crippen LogP contribution in [0.1, 0.15) is 11.1 Å². The van der Waals surface area contributed by atoms with Gasteiger partial charge in [0.05, 0.1) is 11.4 Å². The highest BCUT2D eigenvalue weighted by molar-refractivity contribution is 9.10. The van der Waals surface area contributed by atoms with E-state index >= 15 is 0 Å². The van der Waals surface area contributed by atoms with Gasteiger partial charge in [0.1, 0.15) is 0 Å². The molecule has 0 aliphatic carbocycles. The van der Waals surface area contributed by atoms with E-state index in [1.165, 1.54) is 65.0 Å². The van der Waals surface area contributed by atoms with Crippen LogP contribution in [-0.2, 0) is 0 Å². The van der Waals surface area contributed by atoms with Gasteiger partial charge in [0, 0.05) is 42.5 Å². The molecule has 0 unspecified atom stereocenters. The summed E-state index contributed by atoms with van der Waals surface area (Å²) < 4.78 is 2.16. The summed E-state index contributed by atoms with van der Waals surface area (Å²) in [6, 6.07) is 67.0. The molecule has 10 aromatic carbocycles. The molecule has 0 N–H and O–H groups in total. The molecule has 0 radical (unpaired) electrons. The Morgan fingerprint density at radius 3 is 1.05 bits per heavy atom. The third-order valence-corrected chi connectivity index (χ3v) is 12.0. The second-order valence-corrected chi connectivity index (χ2v) is 16.5. The number of halogens is 2. The van der Waals surface area contributed by atoms with Crippen LogP contribution in [0.4, 0.5) is 34.1 Å². The summed E-state index contributed by atoms with van der Waals surface area (Å²) in [7, 11) is 0. The van der Waals surface area contributed by atoms with Gasteiger partial charge in [-0.15, -0.1) is 0 Å². The van der Waals surface area contributed by atoms with Crippen LogP contribution in [0.5, 0.6) is 0 Å². The highest BCUT2D eigenvalue weighted by atomic mass is 79.9. The molecular weight excluding hydrogens is 812 g/mol. The van der Waals surface area contributed by atoms with E-state index in [0.717, 1.165) is 43.1 Å². The van der Waals surface area contributed by atoms with Gasteiger partial charge in [0.2, 0.25) is 0 Å². The zero-order chi connectivity index (χ0) is 37.9. The second kappa shape index (κ2) is 14.0. The van der Waals surface area contributed by atoms with Gasteiger partial charge in [0.25, 0.3) is 0 Å². The summed E-state index contributed by atoms with van der Waals surface area (Å²) in [5, 5.41) is 12.0. The molecule has 0 amide bonds. The molecule has 0 saturated carbocycles. The van der Waals surface area contributed by atoms with Crippen molar-refractivity contribution >= 4 is 120 Å². The van der Waals surface area contributed by atoms with Crippen molar-refractivity contribution < 1.29 is 0 Å². The molecule has 10 aromatic rings. The average Bonchev–Trinajstić information content (AvgIpc) is 3.22. The van der Waals surface area contributed by atoms with Crippen LogP contribution >= 0.6 is 31.9 Å². The van der Waals surface area contributed by atoms with Gasteiger partial charge >= 0.3 is 0 Å². The van der Waals surface area contributed by atoms with Gasteiger partial charge < -0.3 is 9.80 Å². The lowest BCUT2D eigenvalue weighted by Gasteiger charge is -2.30. The Morgan fingerprint density at radius 1 is 0.304 bits per heavy atom. The smallest absolute Gasteiger partial charge is 0.0546 e. The van der Waals surface area contributed by atoms with E-state index in [9.17, 15) is 0 Å². The molecule has 268 valence electrons. The highest BCUT2D eigenvalue weighted by Crippen LogP contribution is 2.48. The maximum Gasteiger partial charge on any atom is 0.0546 e. The summed E-state index contributed by atoms with van der Waals surface area (Å²) in [4.78, 5) is 4.86. The molecular formula is C52H36Br2N2. The fourth-order valence-corrected chi connectivity index (χ4v) is 8.97. The van der Waals surface area contributed by atoms with Gasteiger partial charge in [0.15, 0.2) is 0 Å². The number of rotatable bonds is 6. The Kier molecular flexibility index (Phi) is 8.62. The van der Waals surface area contributed by atoms with Crippen molar-refractivity contribution in [2.45, 2.75) is 13.8 Å². The van der Waals surface area contributed by atoms with Gasteiger partial charge in [-0.3, -0.25) is 0 Å². The number of nitrogens with zero attached hydrogens (tertiary/aromatic N) is 2. The number of fused-ring (bicyclic) bond motifs is 7. The van der Waals surface area contributed by atoms with Crippen LogP contribution in [0.25, 0.3) is 53.9 Å². The minimum absolute atomic E-state index is 1.08. The molecule has 0 saturated heterocycles. The van der Waals surface area contributed by atoms with Gasteiger partial charge in [-0.2, -0.15) is 0 Å². The molecule has 10 rings (SSSR count). The maximum atomic E-state index is 3.67. The Hall–Kier alpha value is -5.94. The number of hydrogen-bond acceptors (Lipinski definition) is 2. The van der Waals surface area contributed by atoms with Crippen LogP contribution in [0, 0.1) is 13.8 Å². The average molecular weight is 849 g/mol. The number of anilines is 6. The van der Waals surface area contributed by atoms with E-state index in [1.807, 2.05) is 0 Å². The Labute approximate surface area is 343 Å². The molecule has 0 aliphatic rings. The van der Waals surface area contributed by atoms with E-state index in [-0.39, 0.29) is 0 Å². The third kappa shape index (κ3) is 6.10. The standard InChI is InChI=1S/C52H36Br2N2/c1-33-11-21-41(22-12-33)55(43-25-17-35-27-39(53)19-15-37(35)29-43)51-31-49-46-8-4-6-10-48(46)52(32-50(49)45-7-3-5-9-47(45)51)56(42-23-13-34(2)14-24-42)44-26-18-36-28-40(54)20-16-38(36)30-44/h3-32H,1-2H3. The number of hydrogen-bond donors (Lipinski definition) is 0. The number of aryl methyl sites for hydroxylation is 2. The van der Waals surface area contributed by atoms with Gasteiger partial charge in [-0.05, 0) is 142 Å². The summed E-state index contributed by atoms with van der Waals surface area (Å²) in [5.41, 5.74) is 9.21. The van der Waals surface area contributed by atoms with Crippen LogP contribution in [0.2, 0.25) is 0 Å². The number of benzene rings is 10. The quantitative estimate of drug-likeness (QED) is 0.154. The predicted molar refractivity (Wildman–Crippen MR) is 248 cm³/mol. The molecule has 0 atom stereocenters. The van der Waals surface area contributed by atoms with Crippen molar-refractivity contribution in [2.24, 2.45) is 0 Å². The minimum Gasteiger partial charge on any atom is -0.310 e. The SMILES string of the molecule is Cc1ccc(N(c2ccc3cc(Br)ccc3c2)c2cc3c4ccccc4c(N(c4ccc(C)cc4)c4ccc5cc(Br)ccc5c4)cc3c3ccccc23)cc1. The first-order valence-electron chi connectivity index (χ1n) is 18.9. The normalized spacial score (nSPS) is 11.6. The third-order valence-electron chi connectivity index (χ3n) is 11.0. The second-order valence-electron chi connectivity index (χ2n) is 14.7. The van der Waals surface area contributed by atoms with Crippen molar-refractivity contribution in [3.63, 3.8) is 0 Å². The fourth-order valence-electron chi connectivity index (χ4n) is 8.21. The topological polar surface area (TPSA) is 6.48 Å². The van der Waals surface area contributed by atoms with E-state index in [4.69, 9.17) is 0 Å². The molecule has 56 heavy (non-hydrogen) atoms. The van der Waals surface area contributed by atoms with Crippen LogP contribution < -0.4 is 9.80 Å². The van der Waals surface area contributed by atoms with Crippen molar-refractivity contribution in [1.82, 2.24) is 0 Å². The van der Waals surface area contributed by atoms with Gasteiger partial charge in [-0.1, -0.05) is 140 Å². The monoisotopic (exact) mass is 846 g/mol. The fraction of sp³-hybridized carbons (Fsp3) is 0.0385. The van der Waals surface area contributed by atoms with E-state index in [0.29, 0.717) is 0 Å². The van der Waals surface area contributed by atoms with Crippen LogP contribution in [0.3, 0.4) is 0 Å². The molecule has 0 bridgehead atoms. The lowest BCUT2D eigenvalue weighted by atomic mass is 9.93. The van der Waals surface area contributed by atoms with Crippen molar-refractivity contribution in [2.75, 3.05) is 9.80 Å². The lowest BCUT2D eigenvalue weighted by Crippen LogP contribution is -2.12. The van der Waals surface area contributed by atoms with Gasteiger partial charge in [-0.25, -0.2) is 0 Å². The molecule has 2 nitrogen and oxygen atoms in total. The van der Waals surface area contributed by atoms with Crippen molar-refractivity contribution in [3.05, 3.63) is 202 Å². The summed E-state index contributed by atoms with van der Waals surface area (Å²) in [6.07, 6.45) is 0. The minimum atomic E-state index is 1.08. The molecule has 0 fully saturated rings. The Balaban J connectivity index is 1.26. The Bertz CT molecular complexity index is 2920. The van der Waals surface area contributed by atoms with E-state index in [2.05, 4.69) is 237 Å². The first-order chi connectivity index (χ1) is 27.4. The molecule has 0 heterocycles. The maximum absolute atomic E-state index is 3.67. The summed E-state index contributed by atoms with van der Waals surface area (Å²) >= 11 is 7.34. The first kappa shape index (κ1) is 34.5. The zero-order valence-electron chi connectivity index (χ0n) is 31.0. The van der Waals surface area contributed by atoms with E-state index in [1.54, 1.807) is 0 Å². The predicted octanol–water partition coefficient (Wildman–Crippen LogP) is 16.5. The van der Waals surface area contributed by atoms with E-state index < -0.39 is 0 Å². The first-order valence-corrected chi connectivity index (χ1v) is 20.5. The van der Waals surface area contributed by atoms with Crippen molar-refractivity contribution in [1.29, 1.82) is 0 Å². The summed E-state index contributed by atoms with van der Waals surface area (Å²) in [5.74, 6) is 0. The lowest BCUT2D eigenvalue weighted by molar-refractivity contribution is 1.29.